The second kappa shape index (κ2) is 6.69. The third-order valence-electron chi connectivity index (χ3n) is 3.81. The van der Waals surface area contributed by atoms with Crippen molar-refractivity contribution in [3.63, 3.8) is 0 Å². The summed E-state index contributed by atoms with van der Waals surface area (Å²) in [6, 6.07) is -0.398. The van der Waals surface area contributed by atoms with Crippen molar-refractivity contribution in [3.05, 3.63) is 0 Å². The fourth-order valence-corrected chi connectivity index (χ4v) is 2.82. The largest absolute Gasteiger partial charge is 0.481 e. The lowest BCUT2D eigenvalue weighted by molar-refractivity contribution is -0.138. The van der Waals surface area contributed by atoms with Crippen LogP contribution in [0.5, 0.6) is 0 Å². The maximum absolute atomic E-state index is 12.1. The molecule has 1 heterocycles. The van der Waals surface area contributed by atoms with E-state index in [4.69, 9.17) is 9.84 Å². The molecular formula is C13H20N2O5. The van der Waals surface area contributed by atoms with Gasteiger partial charge >= 0.3 is 12.0 Å². The van der Waals surface area contributed by atoms with Crippen LogP contribution in [0.1, 0.15) is 38.5 Å². The molecule has 2 N–H and O–H groups in total. The molecule has 0 radical (unpaired) electrons. The van der Waals surface area contributed by atoms with Gasteiger partial charge in [-0.25, -0.2) is 4.79 Å². The number of nitrogens with zero attached hydrogens (tertiary/aromatic N) is 1. The first-order chi connectivity index (χ1) is 9.58. The number of morpholine rings is 1. The van der Waals surface area contributed by atoms with Crippen LogP contribution < -0.4 is 5.32 Å². The highest BCUT2D eigenvalue weighted by atomic mass is 16.5. The van der Waals surface area contributed by atoms with E-state index in [0.717, 1.165) is 25.7 Å². The van der Waals surface area contributed by atoms with Gasteiger partial charge in [0.25, 0.3) is 0 Å². The minimum atomic E-state index is -1.05. The van der Waals surface area contributed by atoms with Crippen LogP contribution in [0.3, 0.4) is 0 Å². The quantitative estimate of drug-likeness (QED) is 0.796. The van der Waals surface area contributed by atoms with Crippen molar-refractivity contribution in [1.29, 1.82) is 0 Å². The van der Waals surface area contributed by atoms with Crippen molar-refractivity contribution in [2.75, 3.05) is 13.2 Å². The number of carboxylic acids is 1. The summed E-state index contributed by atoms with van der Waals surface area (Å²) in [5, 5.41) is 10.8. The molecule has 2 fully saturated rings. The molecule has 20 heavy (non-hydrogen) atoms. The van der Waals surface area contributed by atoms with E-state index in [-0.39, 0.29) is 25.0 Å². The minimum absolute atomic E-state index is 0.0322. The Morgan fingerprint density at radius 1 is 1.20 bits per heavy atom. The molecule has 2 unspecified atom stereocenters. The van der Waals surface area contributed by atoms with E-state index in [0.29, 0.717) is 13.2 Å². The average Bonchev–Trinajstić information content (AvgIpc) is 2.44. The number of hydrogen-bond donors (Lipinski definition) is 2. The van der Waals surface area contributed by atoms with E-state index in [1.807, 2.05) is 0 Å². The first kappa shape index (κ1) is 14.8. The topological polar surface area (TPSA) is 95.9 Å². The number of aliphatic carboxylic acids is 1. The number of urea groups is 1. The summed E-state index contributed by atoms with van der Waals surface area (Å²) in [5.41, 5.74) is 0. The Balaban J connectivity index is 1.87. The number of fused-ring (bicyclic) bond motifs is 1. The number of rotatable bonds is 3. The van der Waals surface area contributed by atoms with Crippen molar-refractivity contribution in [2.24, 2.45) is 0 Å². The summed E-state index contributed by atoms with van der Waals surface area (Å²) in [7, 11) is 0. The molecule has 112 valence electrons. The maximum Gasteiger partial charge on any atom is 0.324 e. The Morgan fingerprint density at radius 3 is 2.70 bits per heavy atom. The molecule has 2 rings (SSSR count). The minimum Gasteiger partial charge on any atom is -0.481 e. The summed E-state index contributed by atoms with van der Waals surface area (Å²) < 4.78 is 5.66. The Hall–Kier alpha value is -1.63. The second-order valence-corrected chi connectivity index (χ2v) is 5.20. The third kappa shape index (κ3) is 3.69. The zero-order valence-electron chi connectivity index (χ0n) is 11.3. The predicted octanol–water partition coefficient (Wildman–Crippen LogP) is 0.731. The average molecular weight is 284 g/mol. The summed E-state index contributed by atoms with van der Waals surface area (Å²) in [6.45, 7) is 0.955. The smallest absolute Gasteiger partial charge is 0.324 e. The summed E-state index contributed by atoms with van der Waals surface area (Å²) >= 11 is 0. The van der Waals surface area contributed by atoms with Crippen molar-refractivity contribution in [1.82, 2.24) is 10.2 Å². The number of carbonyl (C=O) groups excluding carboxylic acids is 2. The third-order valence-corrected chi connectivity index (χ3v) is 3.81. The molecule has 2 aliphatic rings. The molecule has 0 aromatic heterocycles. The van der Waals surface area contributed by atoms with Crippen LogP contribution >= 0.6 is 0 Å². The number of nitrogens with one attached hydrogen (secondary N) is 1. The highest BCUT2D eigenvalue weighted by Gasteiger charge is 2.37. The second-order valence-electron chi connectivity index (χ2n) is 5.20. The van der Waals surface area contributed by atoms with Gasteiger partial charge in [0.15, 0.2) is 0 Å². The van der Waals surface area contributed by atoms with Gasteiger partial charge in [-0.3, -0.25) is 14.9 Å². The van der Waals surface area contributed by atoms with E-state index < -0.39 is 17.9 Å². The van der Waals surface area contributed by atoms with Gasteiger partial charge in [-0.15, -0.1) is 0 Å². The highest BCUT2D eigenvalue weighted by molar-refractivity contribution is 5.95. The number of imide groups is 1. The summed E-state index contributed by atoms with van der Waals surface area (Å²) in [4.78, 5) is 35.7. The van der Waals surface area contributed by atoms with Gasteiger partial charge in [0.2, 0.25) is 5.91 Å². The van der Waals surface area contributed by atoms with Crippen LogP contribution in [0.2, 0.25) is 0 Å². The molecule has 7 nitrogen and oxygen atoms in total. The SMILES string of the molecule is O=C(O)CCC(=O)NC(=O)N1CCOC2CCCCC21. The molecule has 1 aliphatic carbocycles. The van der Waals surface area contributed by atoms with Gasteiger partial charge in [0.05, 0.1) is 25.2 Å². The van der Waals surface area contributed by atoms with Gasteiger partial charge in [0, 0.05) is 13.0 Å². The maximum atomic E-state index is 12.1. The lowest BCUT2D eigenvalue weighted by Crippen LogP contribution is -2.58. The summed E-state index contributed by atoms with van der Waals surface area (Å²) in [5.74, 6) is -1.59. The van der Waals surface area contributed by atoms with Crippen LogP contribution in [0, 0.1) is 0 Å². The molecule has 0 bridgehead atoms. The Labute approximate surface area is 117 Å². The fourth-order valence-electron chi connectivity index (χ4n) is 2.82. The molecule has 2 atom stereocenters. The van der Waals surface area contributed by atoms with Crippen LogP contribution in [0.15, 0.2) is 0 Å². The van der Waals surface area contributed by atoms with E-state index in [9.17, 15) is 14.4 Å². The Bertz CT molecular complexity index is 396. The zero-order valence-corrected chi connectivity index (χ0v) is 11.3. The molecular weight excluding hydrogens is 264 g/mol. The molecule has 0 aromatic carbocycles. The van der Waals surface area contributed by atoms with Gasteiger partial charge in [-0.05, 0) is 12.8 Å². The van der Waals surface area contributed by atoms with Crippen LogP contribution in [-0.2, 0) is 14.3 Å². The molecule has 1 aliphatic heterocycles. The normalized spacial score (nSPS) is 25.7. The number of hydrogen-bond acceptors (Lipinski definition) is 4. The van der Waals surface area contributed by atoms with E-state index in [1.165, 1.54) is 0 Å². The van der Waals surface area contributed by atoms with Gasteiger partial charge in [-0.2, -0.15) is 0 Å². The number of carbonyl (C=O) groups is 3. The number of amides is 3. The van der Waals surface area contributed by atoms with Crippen molar-refractivity contribution >= 4 is 17.9 Å². The molecule has 1 saturated carbocycles. The number of ether oxygens (including phenoxy) is 1. The molecule has 3 amide bonds. The first-order valence-corrected chi connectivity index (χ1v) is 7.02. The number of carboxylic acid groups (broad SMARTS) is 1. The van der Waals surface area contributed by atoms with E-state index in [1.54, 1.807) is 4.90 Å². The predicted molar refractivity (Wildman–Crippen MR) is 69.1 cm³/mol. The van der Waals surface area contributed by atoms with Gasteiger partial charge in [-0.1, -0.05) is 12.8 Å². The summed E-state index contributed by atoms with van der Waals surface area (Å²) in [6.07, 6.45) is 3.61. The standard InChI is InChI=1S/C13H20N2O5/c16-11(5-6-12(17)18)14-13(19)15-7-8-20-10-4-2-1-3-9(10)15/h9-10H,1-8H2,(H,17,18)(H,14,16,19). The van der Waals surface area contributed by atoms with E-state index >= 15 is 0 Å². The molecule has 0 spiro atoms. The van der Waals surface area contributed by atoms with Gasteiger partial charge < -0.3 is 14.7 Å². The molecule has 0 aromatic rings. The Kier molecular flexibility index (Phi) is 4.94. The molecule has 1 saturated heterocycles. The highest BCUT2D eigenvalue weighted by Crippen LogP contribution is 2.28. The lowest BCUT2D eigenvalue weighted by atomic mass is 9.90. The molecule has 7 heteroatoms. The lowest BCUT2D eigenvalue weighted by Gasteiger charge is -2.43. The van der Waals surface area contributed by atoms with Crippen molar-refractivity contribution in [3.8, 4) is 0 Å². The monoisotopic (exact) mass is 284 g/mol. The van der Waals surface area contributed by atoms with Crippen molar-refractivity contribution < 1.29 is 24.2 Å². The zero-order chi connectivity index (χ0) is 14.5. The first-order valence-electron chi connectivity index (χ1n) is 7.02. The van der Waals surface area contributed by atoms with Crippen LogP contribution in [-0.4, -0.2) is 53.2 Å². The van der Waals surface area contributed by atoms with Gasteiger partial charge in [0.1, 0.15) is 0 Å². The van der Waals surface area contributed by atoms with E-state index in [2.05, 4.69) is 5.32 Å². The Morgan fingerprint density at radius 2 is 1.95 bits per heavy atom. The fraction of sp³-hybridized carbons (Fsp3) is 0.769. The van der Waals surface area contributed by atoms with Crippen LogP contribution in [0.25, 0.3) is 0 Å². The van der Waals surface area contributed by atoms with Crippen molar-refractivity contribution in [2.45, 2.75) is 50.7 Å². The van der Waals surface area contributed by atoms with Crippen LogP contribution in [0.4, 0.5) is 4.79 Å².